The van der Waals surface area contributed by atoms with Crippen LogP contribution in [0.4, 0.5) is 4.79 Å². The molecule has 0 aliphatic rings. The Morgan fingerprint density at radius 2 is 1.64 bits per heavy atom. The second kappa shape index (κ2) is 2.77. The molecule has 0 fully saturated rings. The third-order valence-corrected chi connectivity index (χ3v) is 1.65. The van der Waals surface area contributed by atoms with Crippen LogP contribution in [0.15, 0.2) is 0 Å². The van der Waals surface area contributed by atoms with Gasteiger partial charge in [0, 0.05) is 7.05 Å². The van der Waals surface area contributed by atoms with E-state index in [1.807, 2.05) is 0 Å². The molecule has 0 heterocycles. The van der Waals surface area contributed by atoms with Gasteiger partial charge in [0.15, 0.2) is 0 Å². The standard InChI is InChI=1S/C6H11NO4/c1-6(2,4(8)9)7(3)5(10)11/h1-3H3,(H,8,9)(H,10,11). The van der Waals surface area contributed by atoms with Gasteiger partial charge in [-0.15, -0.1) is 0 Å². The summed E-state index contributed by atoms with van der Waals surface area (Å²) in [4.78, 5) is 21.5. The number of hydrogen-bond donors (Lipinski definition) is 2. The SMILES string of the molecule is CN(C(=O)O)C(C)(C)C(=O)O. The summed E-state index contributed by atoms with van der Waals surface area (Å²) in [5, 5.41) is 17.0. The molecule has 0 aliphatic heterocycles. The molecule has 64 valence electrons. The minimum Gasteiger partial charge on any atom is -0.480 e. The van der Waals surface area contributed by atoms with Gasteiger partial charge in [-0.05, 0) is 13.8 Å². The second-order valence-corrected chi connectivity index (χ2v) is 2.71. The number of aliphatic carboxylic acids is 1. The number of rotatable bonds is 2. The molecule has 0 rings (SSSR count). The van der Waals surface area contributed by atoms with Crippen LogP contribution < -0.4 is 0 Å². The molecule has 5 heteroatoms. The van der Waals surface area contributed by atoms with E-state index in [2.05, 4.69) is 0 Å². The van der Waals surface area contributed by atoms with Gasteiger partial charge in [-0.2, -0.15) is 0 Å². The van der Waals surface area contributed by atoms with Gasteiger partial charge in [0.05, 0.1) is 0 Å². The first-order chi connectivity index (χ1) is 4.80. The molecule has 0 spiro atoms. The number of carboxylic acids is 1. The quantitative estimate of drug-likeness (QED) is 0.616. The Morgan fingerprint density at radius 3 is 1.73 bits per heavy atom. The largest absolute Gasteiger partial charge is 0.480 e. The van der Waals surface area contributed by atoms with Crippen LogP contribution in [0, 0.1) is 0 Å². The lowest BCUT2D eigenvalue weighted by Gasteiger charge is -2.28. The number of likely N-dealkylation sites (N-methyl/N-ethyl adjacent to an activating group) is 1. The first-order valence-electron chi connectivity index (χ1n) is 3.00. The average Bonchev–Trinajstić information content (AvgIpc) is 1.85. The van der Waals surface area contributed by atoms with Crippen molar-refractivity contribution in [2.24, 2.45) is 0 Å². The van der Waals surface area contributed by atoms with Crippen LogP contribution in [0.25, 0.3) is 0 Å². The molecule has 0 bridgehead atoms. The lowest BCUT2D eigenvalue weighted by atomic mass is 10.1. The highest BCUT2D eigenvalue weighted by molar-refractivity contribution is 5.82. The van der Waals surface area contributed by atoms with Gasteiger partial charge in [-0.3, -0.25) is 4.90 Å². The first-order valence-corrected chi connectivity index (χ1v) is 3.00. The van der Waals surface area contributed by atoms with Crippen molar-refractivity contribution < 1.29 is 19.8 Å². The molecule has 11 heavy (non-hydrogen) atoms. The van der Waals surface area contributed by atoms with Crippen molar-refractivity contribution in [3.63, 3.8) is 0 Å². The second-order valence-electron chi connectivity index (χ2n) is 2.71. The number of carboxylic acid groups (broad SMARTS) is 2. The van der Waals surface area contributed by atoms with E-state index in [-0.39, 0.29) is 0 Å². The monoisotopic (exact) mass is 161 g/mol. The number of amides is 1. The van der Waals surface area contributed by atoms with Crippen molar-refractivity contribution in [1.82, 2.24) is 4.90 Å². The smallest absolute Gasteiger partial charge is 0.407 e. The van der Waals surface area contributed by atoms with Crippen LogP contribution in [-0.4, -0.2) is 39.8 Å². The minimum atomic E-state index is -1.37. The molecule has 0 atom stereocenters. The predicted molar refractivity (Wildman–Crippen MR) is 37.5 cm³/mol. The Balaban J connectivity index is 4.55. The molecule has 1 amide bonds. The Hall–Kier alpha value is -1.26. The number of hydrogen-bond acceptors (Lipinski definition) is 2. The van der Waals surface area contributed by atoms with E-state index in [4.69, 9.17) is 10.2 Å². The van der Waals surface area contributed by atoms with Crippen molar-refractivity contribution in [2.75, 3.05) is 7.05 Å². The van der Waals surface area contributed by atoms with Crippen LogP contribution in [0.2, 0.25) is 0 Å². The molecule has 0 aromatic heterocycles. The summed E-state index contributed by atoms with van der Waals surface area (Å²) in [6.07, 6.45) is -1.25. The zero-order chi connectivity index (χ0) is 9.23. The van der Waals surface area contributed by atoms with Crippen LogP contribution in [0.1, 0.15) is 13.8 Å². The highest BCUT2D eigenvalue weighted by Gasteiger charge is 2.34. The Morgan fingerprint density at radius 1 is 1.27 bits per heavy atom. The van der Waals surface area contributed by atoms with Gasteiger partial charge < -0.3 is 10.2 Å². The fourth-order valence-electron chi connectivity index (χ4n) is 0.383. The van der Waals surface area contributed by atoms with Crippen LogP contribution in [0.5, 0.6) is 0 Å². The molecule has 0 radical (unpaired) electrons. The maximum atomic E-state index is 10.5. The minimum absolute atomic E-state index is 0.745. The summed E-state index contributed by atoms with van der Waals surface area (Å²) in [6.45, 7) is 2.65. The van der Waals surface area contributed by atoms with Crippen LogP contribution >= 0.6 is 0 Å². The summed E-state index contributed by atoms with van der Waals surface area (Å²) in [5.41, 5.74) is -1.37. The van der Waals surface area contributed by atoms with E-state index >= 15 is 0 Å². The third kappa shape index (κ3) is 1.83. The van der Waals surface area contributed by atoms with Crippen molar-refractivity contribution in [1.29, 1.82) is 0 Å². The molecule has 0 aliphatic carbocycles. The Kier molecular flexibility index (Phi) is 2.46. The van der Waals surface area contributed by atoms with Crippen molar-refractivity contribution in [3.05, 3.63) is 0 Å². The topological polar surface area (TPSA) is 77.8 Å². The van der Waals surface area contributed by atoms with Crippen molar-refractivity contribution in [2.45, 2.75) is 19.4 Å². The van der Waals surface area contributed by atoms with Gasteiger partial charge in [0.1, 0.15) is 5.54 Å². The van der Waals surface area contributed by atoms with Gasteiger partial charge in [-0.1, -0.05) is 0 Å². The van der Waals surface area contributed by atoms with E-state index in [1.54, 1.807) is 0 Å². The molecule has 0 saturated heterocycles. The number of nitrogens with zero attached hydrogens (tertiary/aromatic N) is 1. The normalized spacial score (nSPS) is 10.8. The molecular weight excluding hydrogens is 150 g/mol. The molecule has 2 N–H and O–H groups in total. The lowest BCUT2D eigenvalue weighted by Crippen LogP contribution is -2.50. The van der Waals surface area contributed by atoms with E-state index in [9.17, 15) is 9.59 Å². The van der Waals surface area contributed by atoms with Gasteiger partial charge in [-0.25, -0.2) is 9.59 Å². The van der Waals surface area contributed by atoms with Gasteiger partial charge in [0.2, 0.25) is 0 Å². The molecule has 0 unspecified atom stereocenters. The Bertz CT molecular complexity index is 187. The van der Waals surface area contributed by atoms with E-state index in [0.29, 0.717) is 0 Å². The van der Waals surface area contributed by atoms with Crippen molar-refractivity contribution >= 4 is 12.1 Å². The molecule has 0 aromatic rings. The first kappa shape index (κ1) is 9.74. The maximum absolute atomic E-state index is 10.5. The average molecular weight is 161 g/mol. The molecule has 0 aromatic carbocycles. The fourth-order valence-corrected chi connectivity index (χ4v) is 0.383. The summed E-state index contributed by atoms with van der Waals surface area (Å²) in [5.74, 6) is -1.16. The van der Waals surface area contributed by atoms with Crippen molar-refractivity contribution in [3.8, 4) is 0 Å². The predicted octanol–water partition coefficient (Wildman–Crippen LogP) is 0.459. The molecule has 0 saturated carbocycles. The zero-order valence-electron chi connectivity index (χ0n) is 6.66. The van der Waals surface area contributed by atoms with Gasteiger partial charge >= 0.3 is 12.1 Å². The van der Waals surface area contributed by atoms with Crippen LogP contribution in [0.3, 0.4) is 0 Å². The zero-order valence-corrected chi connectivity index (χ0v) is 6.66. The van der Waals surface area contributed by atoms with Gasteiger partial charge in [0.25, 0.3) is 0 Å². The number of carbonyl (C=O) groups is 2. The summed E-state index contributed by atoms with van der Waals surface area (Å²) < 4.78 is 0. The highest BCUT2D eigenvalue weighted by Crippen LogP contribution is 2.11. The third-order valence-electron chi connectivity index (χ3n) is 1.65. The van der Waals surface area contributed by atoms with E-state index in [1.165, 1.54) is 20.9 Å². The maximum Gasteiger partial charge on any atom is 0.407 e. The molecular formula is C6H11NO4. The lowest BCUT2D eigenvalue weighted by molar-refractivity contribution is -0.147. The van der Waals surface area contributed by atoms with Crippen LogP contribution in [-0.2, 0) is 4.79 Å². The highest BCUT2D eigenvalue weighted by atomic mass is 16.4. The fraction of sp³-hybridized carbons (Fsp3) is 0.667. The summed E-state index contributed by atoms with van der Waals surface area (Å²) >= 11 is 0. The molecule has 5 nitrogen and oxygen atoms in total. The Labute approximate surface area is 64.2 Å². The van der Waals surface area contributed by atoms with E-state index in [0.717, 1.165) is 4.90 Å². The summed E-state index contributed by atoms with van der Waals surface area (Å²) in [7, 11) is 1.22. The van der Waals surface area contributed by atoms with E-state index < -0.39 is 17.6 Å². The summed E-state index contributed by atoms with van der Waals surface area (Å²) in [6, 6.07) is 0.